The van der Waals surface area contributed by atoms with E-state index < -0.39 is 5.92 Å². The first-order valence-electron chi connectivity index (χ1n) is 8.29. The smallest absolute Gasteiger partial charge is 0.205 e. The molecule has 1 atom stereocenters. The van der Waals surface area contributed by atoms with E-state index in [4.69, 9.17) is 26.4 Å². The Morgan fingerprint density at radius 3 is 2.89 bits per heavy atom. The molecule has 1 aliphatic heterocycles. The maximum atomic E-state index is 12.6. The predicted octanol–water partition coefficient (Wildman–Crippen LogP) is 3.28. The highest BCUT2D eigenvalue weighted by atomic mass is 79.9. The van der Waals surface area contributed by atoms with Gasteiger partial charge in [-0.25, -0.2) is 0 Å². The number of hydrogen-bond acceptors (Lipinski definition) is 6. The largest absolute Gasteiger partial charge is 0.493 e. The summed E-state index contributed by atoms with van der Waals surface area (Å²) in [5, 5.41) is 9.64. The molecule has 0 saturated heterocycles. The number of carbonyl (C=O) groups is 1. The van der Waals surface area contributed by atoms with Crippen LogP contribution in [0.25, 0.3) is 0 Å². The van der Waals surface area contributed by atoms with Gasteiger partial charge < -0.3 is 19.9 Å². The molecule has 138 valence electrons. The molecule has 3 rings (SSSR count). The Balaban J connectivity index is 2.17. The van der Waals surface area contributed by atoms with Crippen LogP contribution in [0.2, 0.25) is 0 Å². The molecule has 0 fully saturated rings. The van der Waals surface area contributed by atoms with E-state index in [1.54, 1.807) is 12.1 Å². The molecule has 0 saturated carbocycles. The maximum Gasteiger partial charge on any atom is 0.205 e. The molecule has 0 amide bonds. The lowest BCUT2D eigenvalue weighted by Gasteiger charge is -2.31. The molecule has 1 aromatic rings. The Morgan fingerprint density at radius 1 is 1.44 bits per heavy atom. The molecule has 0 unspecified atom stereocenters. The van der Waals surface area contributed by atoms with E-state index in [2.05, 4.69) is 27.9 Å². The van der Waals surface area contributed by atoms with E-state index in [0.717, 1.165) is 0 Å². The van der Waals surface area contributed by atoms with Gasteiger partial charge in [-0.15, -0.1) is 6.42 Å². The predicted molar refractivity (Wildman–Crippen MR) is 102 cm³/mol. The number of nitrogens with two attached hydrogens (primary N) is 1. The number of allylic oxidation sites excluding steroid dienone is 3. The second-order valence-electron chi connectivity index (χ2n) is 6.07. The molecule has 27 heavy (non-hydrogen) atoms. The summed E-state index contributed by atoms with van der Waals surface area (Å²) in [5.41, 5.74) is 7.34. The molecule has 1 aliphatic carbocycles. The van der Waals surface area contributed by atoms with Gasteiger partial charge >= 0.3 is 0 Å². The van der Waals surface area contributed by atoms with Gasteiger partial charge in [-0.1, -0.05) is 5.92 Å². The van der Waals surface area contributed by atoms with Crippen molar-refractivity contribution in [2.45, 2.75) is 25.2 Å². The summed E-state index contributed by atoms with van der Waals surface area (Å²) in [5.74, 6) is 3.20. The van der Waals surface area contributed by atoms with Crippen LogP contribution in [0.5, 0.6) is 11.5 Å². The van der Waals surface area contributed by atoms with Crippen LogP contribution in [-0.2, 0) is 9.53 Å². The molecule has 1 heterocycles. The average molecular weight is 429 g/mol. The summed E-state index contributed by atoms with van der Waals surface area (Å²) in [6, 6.07) is 5.60. The minimum atomic E-state index is -0.613. The normalized spacial score (nSPS) is 19.0. The van der Waals surface area contributed by atoms with Crippen LogP contribution in [0.1, 0.15) is 30.7 Å². The number of nitrogens with zero attached hydrogens (tertiary/aromatic N) is 1. The topological polar surface area (TPSA) is 94.6 Å². The third-order valence-electron chi connectivity index (χ3n) is 4.49. The van der Waals surface area contributed by atoms with Gasteiger partial charge in [0.05, 0.1) is 17.5 Å². The number of rotatable bonds is 4. The molecule has 0 aromatic heterocycles. The summed E-state index contributed by atoms with van der Waals surface area (Å²) in [4.78, 5) is 12.6. The molecule has 7 heteroatoms. The minimum Gasteiger partial charge on any atom is -0.493 e. The zero-order valence-corrected chi connectivity index (χ0v) is 16.3. The number of carbonyl (C=O) groups excluding carboxylic acids is 1. The number of ketones is 1. The highest BCUT2D eigenvalue weighted by molar-refractivity contribution is 9.10. The zero-order chi connectivity index (χ0) is 19.6. The number of nitriles is 1. The second-order valence-corrected chi connectivity index (χ2v) is 6.92. The fourth-order valence-corrected chi connectivity index (χ4v) is 3.92. The van der Waals surface area contributed by atoms with Crippen LogP contribution in [-0.4, -0.2) is 19.5 Å². The van der Waals surface area contributed by atoms with Gasteiger partial charge in [0.25, 0.3) is 0 Å². The molecular formula is C20H17BrN2O4. The van der Waals surface area contributed by atoms with Gasteiger partial charge in [0, 0.05) is 18.4 Å². The molecular weight excluding hydrogens is 412 g/mol. The van der Waals surface area contributed by atoms with Crippen molar-refractivity contribution in [2.24, 2.45) is 5.73 Å². The monoisotopic (exact) mass is 428 g/mol. The third-order valence-corrected chi connectivity index (χ3v) is 5.08. The lowest BCUT2D eigenvalue weighted by molar-refractivity contribution is -0.116. The van der Waals surface area contributed by atoms with Crippen molar-refractivity contribution in [1.82, 2.24) is 0 Å². The van der Waals surface area contributed by atoms with E-state index in [0.29, 0.717) is 52.1 Å². The van der Waals surface area contributed by atoms with Crippen LogP contribution in [0.15, 0.2) is 39.4 Å². The van der Waals surface area contributed by atoms with Crippen LogP contribution in [0.4, 0.5) is 0 Å². The number of terminal acetylenes is 1. The van der Waals surface area contributed by atoms with Crippen LogP contribution in [0, 0.1) is 23.7 Å². The highest BCUT2D eigenvalue weighted by Gasteiger charge is 2.38. The second kappa shape index (κ2) is 7.77. The summed E-state index contributed by atoms with van der Waals surface area (Å²) >= 11 is 3.46. The first-order chi connectivity index (χ1) is 13.0. The quantitative estimate of drug-likeness (QED) is 0.739. The standard InChI is InChI=1S/C20H17BrN2O4/c1-3-7-26-19-13(21)8-11(9-16(19)25-2)17-12(10-22)20(23)27-15-6-4-5-14(24)18(15)17/h1,8-9,17H,4-7,23H2,2H3/t17-/m1/s1. The van der Waals surface area contributed by atoms with E-state index in [1.165, 1.54) is 7.11 Å². The molecule has 2 aliphatic rings. The van der Waals surface area contributed by atoms with Gasteiger partial charge in [0.2, 0.25) is 5.88 Å². The zero-order valence-electron chi connectivity index (χ0n) is 14.7. The molecule has 0 radical (unpaired) electrons. The fraction of sp³-hybridized carbons (Fsp3) is 0.300. The Morgan fingerprint density at radius 2 is 2.22 bits per heavy atom. The van der Waals surface area contributed by atoms with Gasteiger partial charge in [0.1, 0.15) is 24.0 Å². The van der Waals surface area contributed by atoms with Gasteiger partial charge in [-0.3, -0.25) is 4.79 Å². The van der Waals surface area contributed by atoms with Crippen molar-refractivity contribution in [2.75, 3.05) is 13.7 Å². The lowest BCUT2D eigenvalue weighted by Crippen LogP contribution is -2.27. The van der Waals surface area contributed by atoms with Crippen molar-refractivity contribution in [3.05, 3.63) is 45.0 Å². The number of methoxy groups -OCH3 is 1. The van der Waals surface area contributed by atoms with Crippen LogP contribution < -0.4 is 15.2 Å². The Bertz CT molecular complexity index is 950. The molecule has 0 spiro atoms. The van der Waals surface area contributed by atoms with Crippen LogP contribution >= 0.6 is 15.9 Å². The Hall–Kier alpha value is -2.90. The molecule has 0 bridgehead atoms. The minimum absolute atomic E-state index is 0.0266. The molecule has 6 nitrogen and oxygen atoms in total. The summed E-state index contributed by atoms with van der Waals surface area (Å²) in [6.45, 7) is 0.0790. The van der Waals surface area contributed by atoms with Crippen molar-refractivity contribution in [3.63, 3.8) is 0 Å². The first kappa shape index (κ1) is 18.9. The van der Waals surface area contributed by atoms with E-state index in [9.17, 15) is 10.1 Å². The first-order valence-corrected chi connectivity index (χ1v) is 9.08. The molecule has 2 N–H and O–H groups in total. The van der Waals surface area contributed by atoms with Crippen LogP contribution in [0.3, 0.4) is 0 Å². The highest BCUT2D eigenvalue weighted by Crippen LogP contribution is 2.46. The van der Waals surface area contributed by atoms with Crippen molar-refractivity contribution in [3.8, 4) is 29.9 Å². The number of ether oxygens (including phenoxy) is 3. The number of hydrogen-bond donors (Lipinski definition) is 1. The van der Waals surface area contributed by atoms with Gasteiger partial charge in [-0.05, 0) is 40.0 Å². The fourth-order valence-electron chi connectivity index (χ4n) is 3.35. The van der Waals surface area contributed by atoms with Gasteiger partial charge in [-0.2, -0.15) is 5.26 Å². The third kappa shape index (κ3) is 3.39. The lowest BCUT2D eigenvalue weighted by atomic mass is 9.77. The van der Waals surface area contributed by atoms with E-state index in [1.807, 2.05) is 0 Å². The summed E-state index contributed by atoms with van der Waals surface area (Å²) in [6.07, 6.45) is 6.99. The SMILES string of the molecule is C#CCOc1c(Br)cc([C@@H]2C(C#N)=C(N)OC3=C2C(=O)CCC3)cc1OC. The van der Waals surface area contributed by atoms with E-state index >= 15 is 0 Å². The maximum absolute atomic E-state index is 12.6. The number of Topliss-reactive ketones (excluding diaryl/α,β-unsaturated/α-hetero) is 1. The Labute approximate surface area is 165 Å². The van der Waals surface area contributed by atoms with Crippen molar-refractivity contribution in [1.29, 1.82) is 5.26 Å². The van der Waals surface area contributed by atoms with Crippen molar-refractivity contribution >= 4 is 21.7 Å². The number of halogens is 1. The van der Waals surface area contributed by atoms with Gasteiger partial charge in [0.15, 0.2) is 17.3 Å². The Kier molecular flexibility index (Phi) is 5.43. The average Bonchev–Trinajstić information content (AvgIpc) is 2.65. The van der Waals surface area contributed by atoms with Crippen molar-refractivity contribution < 1.29 is 19.0 Å². The van der Waals surface area contributed by atoms with E-state index in [-0.39, 0.29) is 23.8 Å². The molecule has 1 aromatic carbocycles. The summed E-state index contributed by atoms with van der Waals surface area (Å²) < 4.78 is 17.1. The summed E-state index contributed by atoms with van der Waals surface area (Å²) in [7, 11) is 1.50. The number of benzene rings is 1.